The van der Waals surface area contributed by atoms with Gasteiger partial charge in [-0.3, -0.25) is 4.79 Å². The number of carbonyl (C=O) groups excluding carboxylic acids is 1. The Kier molecular flexibility index (Phi) is 4.55. The number of halogens is 1. The Balaban J connectivity index is 2.12. The fourth-order valence-corrected chi connectivity index (χ4v) is 1.99. The smallest absolute Gasteiger partial charge is 0.255 e. The third-order valence-electron chi connectivity index (χ3n) is 2.65. The molecule has 3 nitrogen and oxygen atoms in total. The van der Waals surface area contributed by atoms with Crippen molar-refractivity contribution in [3.8, 4) is 0 Å². The highest BCUT2D eigenvalue weighted by molar-refractivity contribution is 6.31. The Labute approximate surface area is 117 Å². The zero-order valence-electron chi connectivity index (χ0n) is 10.6. The quantitative estimate of drug-likeness (QED) is 0.898. The third-order valence-corrected chi connectivity index (χ3v) is 2.89. The van der Waals surface area contributed by atoms with E-state index in [-0.39, 0.29) is 5.91 Å². The first-order chi connectivity index (χ1) is 9.19. The molecule has 98 valence electrons. The van der Waals surface area contributed by atoms with Gasteiger partial charge in [0.1, 0.15) is 0 Å². The van der Waals surface area contributed by atoms with Crippen molar-refractivity contribution in [2.24, 2.45) is 0 Å². The van der Waals surface area contributed by atoms with Gasteiger partial charge in [-0.1, -0.05) is 29.8 Å². The second-order valence-electron chi connectivity index (χ2n) is 4.20. The number of rotatable bonds is 4. The molecule has 4 heteroatoms. The van der Waals surface area contributed by atoms with Crippen LogP contribution in [0.15, 0.2) is 48.5 Å². The van der Waals surface area contributed by atoms with E-state index in [1.54, 1.807) is 24.3 Å². The summed E-state index contributed by atoms with van der Waals surface area (Å²) in [5, 5.41) is 6.48. The predicted molar refractivity (Wildman–Crippen MR) is 78.6 cm³/mol. The molecule has 0 atom stereocenters. The summed E-state index contributed by atoms with van der Waals surface area (Å²) in [6.07, 6.45) is 0. The molecule has 2 N–H and O–H groups in total. The standard InChI is InChI=1S/C15H15ClN2O/c1-17-10-11-4-2-7-14(8-11)18-15(19)12-5-3-6-13(16)9-12/h2-9,17H,10H2,1H3,(H,18,19). The van der Waals surface area contributed by atoms with Crippen LogP contribution in [-0.4, -0.2) is 13.0 Å². The highest BCUT2D eigenvalue weighted by Crippen LogP contribution is 2.14. The minimum Gasteiger partial charge on any atom is -0.322 e. The number of benzene rings is 2. The zero-order chi connectivity index (χ0) is 13.7. The first-order valence-electron chi connectivity index (χ1n) is 5.99. The molecule has 2 aromatic rings. The van der Waals surface area contributed by atoms with Crippen molar-refractivity contribution >= 4 is 23.2 Å². The Morgan fingerprint density at radius 3 is 2.68 bits per heavy atom. The number of hydrogen-bond acceptors (Lipinski definition) is 2. The van der Waals surface area contributed by atoms with E-state index in [4.69, 9.17) is 11.6 Å². The molecule has 0 spiro atoms. The van der Waals surface area contributed by atoms with Crippen LogP contribution in [0.25, 0.3) is 0 Å². The summed E-state index contributed by atoms with van der Waals surface area (Å²) in [7, 11) is 1.89. The molecular weight excluding hydrogens is 260 g/mol. The number of hydrogen-bond donors (Lipinski definition) is 2. The van der Waals surface area contributed by atoms with Gasteiger partial charge in [0.25, 0.3) is 5.91 Å². The van der Waals surface area contributed by atoms with Crippen LogP contribution in [0.5, 0.6) is 0 Å². The second kappa shape index (κ2) is 6.36. The normalized spacial score (nSPS) is 10.2. The number of nitrogens with one attached hydrogen (secondary N) is 2. The van der Waals surface area contributed by atoms with Crippen molar-refractivity contribution in [1.82, 2.24) is 5.32 Å². The van der Waals surface area contributed by atoms with E-state index in [0.29, 0.717) is 10.6 Å². The second-order valence-corrected chi connectivity index (χ2v) is 4.63. The molecule has 0 bridgehead atoms. The highest BCUT2D eigenvalue weighted by atomic mass is 35.5. The Morgan fingerprint density at radius 1 is 1.16 bits per heavy atom. The number of anilines is 1. The molecule has 2 rings (SSSR count). The minimum absolute atomic E-state index is 0.163. The van der Waals surface area contributed by atoms with Gasteiger partial charge >= 0.3 is 0 Å². The summed E-state index contributed by atoms with van der Waals surface area (Å²) < 4.78 is 0. The van der Waals surface area contributed by atoms with E-state index in [2.05, 4.69) is 10.6 Å². The van der Waals surface area contributed by atoms with Crippen LogP contribution < -0.4 is 10.6 Å². The van der Waals surface area contributed by atoms with E-state index < -0.39 is 0 Å². The van der Waals surface area contributed by atoms with Gasteiger partial charge in [-0.2, -0.15) is 0 Å². The molecule has 0 aliphatic heterocycles. The van der Waals surface area contributed by atoms with Crippen LogP contribution >= 0.6 is 11.6 Å². The summed E-state index contributed by atoms with van der Waals surface area (Å²) >= 11 is 5.87. The minimum atomic E-state index is -0.163. The highest BCUT2D eigenvalue weighted by Gasteiger charge is 2.06. The van der Waals surface area contributed by atoms with Crippen molar-refractivity contribution < 1.29 is 4.79 Å². The van der Waals surface area contributed by atoms with Crippen molar-refractivity contribution in [3.63, 3.8) is 0 Å². The molecule has 0 aliphatic carbocycles. The van der Waals surface area contributed by atoms with Crippen LogP contribution in [0.4, 0.5) is 5.69 Å². The molecule has 0 aromatic heterocycles. The van der Waals surface area contributed by atoms with Crippen molar-refractivity contribution in [2.45, 2.75) is 6.54 Å². The Morgan fingerprint density at radius 2 is 1.95 bits per heavy atom. The maximum atomic E-state index is 12.1. The van der Waals surface area contributed by atoms with E-state index >= 15 is 0 Å². The predicted octanol–water partition coefficient (Wildman–Crippen LogP) is 3.31. The topological polar surface area (TPSA) is 41.1 Å². The average Bonchev–Trinajstić information content (AvgIpc) is 2.39. The molecule has 2 aromatic carbocycles. The lowest BCUT2D eigenvalue weighted by molar-refractivity contribution is 0.102. The molecule has 0 saturated carbocycles. The molecule has 0 aliphatic rings. The average molecular weight is 275 g/mol. The summed E-state index contributed by atoms with van der Waals surface area (Å²) in [5.74, 6) is -0.163. The van der Waals surface area contributed by atoms with Gasteiger partial charge in [0.15, 0.2) is 0 Å². The van der Waals surface area contributed by atoms with Crippen LogP contribution in [0.1, 0.15) is 15.9 Å². The summed E-state index contributed by atoms with van der Waals surface area (Å²) in [5.41, 5.74) is 2.44. The Bertz CT molecular complexity index is 584. The molecule has 0 fully saturated rings. The van der Waals surface area contributed by atoms with E-state index in [1.807, 2.05) is 31.3 Å². The van der Waals surface area contributed by atoms with Gasteiger partial charge in [0.2, 0.25) is 0 Å². The molecule has 0 saturated heterocycles. The van der Waals surface area contributed by atoms with E-state index in [9.17, 15) is 4.79 Å². The Hall–Kier alpha value is -1.84. The van der Waals surface area contributed by atoms with Crippen LogP contribution in [-0.2, 0) is 6.54 Å². The van der Waals surface area contributed by atoms with Crippen LogP contribution in [0.3, 0.4) is 0 Å². The summed E-state index contributed by atoms with van der Waals surface area (Å²) in [4.78, 5) is 12.1. The number of carbonyl (C=O) groups is 1. The maximum Gasteiger partial charge on any atom is 0.255 e. The van der Waals surface area contributed by atoms with Gasteiger partial charge < -0.3 is 10.6 Å². The molecule has 0 radical (unpaired) electrons. The largest absolute Gasteiger partial charge is 0.322 e. The third kappa shape index (κ3) is 3.81. The summed E-state index contributed by atoms with van der Waals surface area (Å²) in [6, 6.07) is 14.6. The summed E-state index contributed by atoms with van der Waals surface area (Å²) in [6.45, 7) is 0.765. The monoisotopic (exact) mass is 274 g/mol. The molecule has 1 amide bonds. The SMILES string of the molecule is CNCc1cccc(NC(=O)c2cccc(Cl)c2)c1. The van der Waals surface area contributed by atoms with Crippen molar-refractivity contribution in [3.05, 3.63) is 64.7 Å². The lowest BCUT2D eigenvalue weighted by atomic mass is 10.1. The van der Waals surface area contributed by atoms with Gasteiger partial charge in [0, 0.05) is 22.8 Å². The van der Waals surface area contributed by atoms with E-state index in [1.165, 1.54) is 0 Å². The number of amides is 1. The van der Waals surface area contributed by atoms with Crippen molar-refractivity contribution in [1.29, 1.82) is 0 Å². The van der Waals surface area contributed by atoms with Crippen LogP contribution in [0, 0.1) is 0 Å². The van der Waals surface area contributed by atoms with Crippen LogP contribution in [0.2, 0.25) is 5.02 Å². The van der Waals surface area contributed by atoms with Gasteiger partial charge in [-0.25, -0.2) is 0 Å². The molecule has 0 unspecified atom stereocenters. The first kappa shape index (κ1) is 13.6. The zero-order valence-corrected chi connectivity index (χ0v) is 11.4. The molecule has 0 heterocycles. The van der Waals surface area contributed by atoms with E-state index in [0.717, 1.165) is 17.8 Å². The lowest BCUT2D eigenvalue weighted by Gasteiger charge is -2.07. The fourth-order valence-electron chi connectivity index (χ4n) is 1.80. The van der Waals surface area contributed by atoms with Gasteiger partial charge in [-0.15, -0.1) is 0 Å². The fraction of sp³-hybridized carbons (Fsp3) is 0.133. The van der Waals surface area contributed by atoms with Gasteiger partial charge in [0.05, 0.1) is 0 Å². The van der Waals surface area contributed by atoms with Gasteiger partial charge in [-0.05, 0) is 42.9 Å². The lowest BCUT2D eigenvalue weighted by Crippen LogP contribution is -2.12. The maximum absolute atomic E-state index is 12.1. The first-order valence-corrected chi connectivity index (χ1v) is 6.37. The molecule has 19 heavy (non-hydrogen) atoms. The van der Waals surface area contributed by atoms with Crippen molar-refractivity contribution in [2.75, 3.05) is 12.4 Å². The molecular formula is C15H15ClN2O.